The summed E-state index contributed by atoms with van der Waals surface area (Å²) in [5, 5.41) is 2.82. The van der Waals surface area contributed by atoms with Crippen molar-refractivity contribution >= 4 is 11.8 Å². The Hall–Kier alpha value is -2.24. The van der Waals surface area contributed by atoms with Crippen molar-refractivity contribution < 1.29 is 19.1 Å². The molecule has 1 heterocycles. The van der Waals surface area contributed by atoms with Crippen molar-refractivity contribution in [3.05, 3.63) is 23.8 Å². The Balaban J connectivity index is 1.92. The van der Waals surface area contributed by atoms with Gasteiger partial charge in [0.1, 0.15) is 0 Å². The number of hydrogen-bond acceptors (Lipinski definition) is 4. The van der Waals surface area contributed by atoms with Crippen LogP contribution in [0.4, 0.5) is 0 Å². The fourth-order valence-electron chi connectivity index (χ4n) is 2.54. The third-order valence-electron chi connectivity index (χ3n) is 3.72. The lowest BCUT2D eigenvalue weighted by molar-refractivity contribution is -0.137. The van der Waals surface area contributed by atoms with Crippen LogP contribution >= 0.6 is 0 Å². The Morgan fingerprint density at radius 3 is 2.77 bits per heavy atom. The summed E-state index contributed by atoms with van der Waals surface area (Å²) in [6.07, 6.45) is 2.41. The smallest absolute Gasteiger partial charge is 0.239 e. The molecule has 22 heavy (non-hydrogen) atoms. The van der Waals surface area contributed by atoms with Crippen molar-refractivity contribution in [2.75, 3.05) is 27.3 Å². The first kappa shape index (κ1) is 16.1. The van der Waals surface area contributed by atoms with Crippen molar-refractivity contribution in [1.29, 1.82) is 0 Å². The molecule has 0 aliphatic carbocycles. The minimum Gasteiger partial charge on any atom is -0.493 e. The molecule has 0 atom stereocenters. The predicted octanol–water partition coefficient (Wildman–Crippen LogP) is 1.33. The Morgan fingerprint density at radius 1 is 1.27 bits per heavy atom. The zero-order chi connectivity index (χ0) is 15.9. The van der Waals surface area contributed by atoms with E-state index in [1.54, 1.807) is 25.2 Å². The number of piperidine rings is 1. The standard InChI is InChI=1S/C16H22N2O4/c1-21-13-7-5-6-12(16(13)22-2)10-17-14(19)11-18-9-4-3-8-15(18)20/h5-7H,3-4,8-11H2,1-2H3,(H,17,19). The highest BCUT2D eigenvalue weighted by Crippen LogP contribution is 2.30. The van der Waals surface area contributed by atoms with Gasteiger partial charge >= 0.3 is 0 Å². The van der Waals surface area contributed by atoms with Gasteiger partial charge in [0.15, 0.2) is 11.5 Å². The fraction of sp³-hybridized carbons (Fsp3) is 0.500. The van der Waals surface area contributed by atoms with Crippen LogP contribution in [-0.4, -0.2) is 44.0 Å². The average molecular weight is 306 g/mol. The van der Waals surface area contributed by atoms with Crippen LogP contribution in [-0.2, 0) is 16.1 Å². The highest BCUT2D eigenvalue weighted by molar-refractivity contribution is 5.85. The van der Waals surface area contributed by atoms with Gasteiger partial charge in [-0.25, -0.2) is 0 Å². The number of rotatable bonds is 6. The number of methoxy groups -OCH3 is 2. The molecule has 1 aromatic rings. The van der Waals surface area contributed by atoms with Gasteiger partial charge in [-0.1, -0.05) is 12.1 Å². The van der Waals surface area contributed by atoms with Crippen LogP contribution in [0.15, 0.2) is 18.2 Å². The van der Waals surface area contributed by atoms with Crippen LogP contribution < -0.4 is 14.8 Å². The van der Waals surface area contributed by atoms with E-state index in [0.717, 1.165) is 18.4 Å². The largest absolute Gasteiger partial charge is 0.493 e. The molecule has 1 aliphatic heterocycles. The topological polar surface area (TPSA) is 67.9 Å². The molecule has 1 saturated heterocycles. The molecule has 120 valence electrons. The van der Waals surface area contributed by atoms with Gasteiger partial charge < -0.3 is 19.7 Å². The number of nitrogens with zero attached hydrogens (tertiary/aromatic N) is 1. The summed E-state index contributed by atoms with van der Waals surface area (Å²) >= 11 is 0. The molecule has 0 bridgehead atoms. The second kappa shape index (κ2) is 7.68. The molecule has 0 saturated carbocycles. The van der Waals surface area contributed by atoms with Gasteiger partial charge in [-0.15, -0.1) is 0 Å². The molecular formula is C16H22N2O4. The van der Waals surface area contributed by atoms with E-state index in [-0.39, 0.29) is 18.4 Å². The van der Waals surface area contributed by atoms with Crippen LogP contribution in [0.5, 0.6) is 11.5 Å². The number of benzene rings is 1. The molecule has 6 nitrogen and oxygen atoms in total. The Bertz CT molecular complexity index is 545. The summed E-state index contributed by atoms with van der Waals surface area (Å²) in [4.78, 5) is 25.3. The van der Waals surface area contributed by atoms with Crippen LogP contribution in [0.2, 0.25) is 0 Å². The average Bonchev–Trinajstić information content (AvgIpc) is 2.54. The van der Waals surface area contributed by atoms with Crippen LogP contribution in [0.1, 0.15) is 24.8 Å². The van der Waals surface area contributed by atoms with Crippen molar-refractivity contribution in [1.82, 2.24) is 10.2 Å². The minimum absolute atomic E-state index is 0.0559. The predicted molar refractivity (Wildman–Crippen MR) is 81.8 cm³/mol. The normalized spacial score (nSPS) is 14.6. The third kappa shape index (κ3) is 3.90. The Labute approximate surface area is 130 Å². The lowest BCUT2D eigenvalue weighted by Crippen LogP contribution is -2.42. The highest BCUT2D eigenvalue weighted by atomic mass is 16.5. The maximum atomic E-state index is 12.0. The first-order chi connectivity index (χ1) is 10.7. The van der Waals surface area contributed by atoms with E-state index < -0.39 is 0 Å². The summed E-state index contributed by atoms with van der Waals surface area (Å²) in [6.45, 7) is 1.11. The molecule has 1 fully saturated rings. The van der Waals surface area contributed by atoms with Gasteiger partial charge in [0.2, 0.25) is 11.8 Å². The van der Waals surface area contributed by atoms with Crippen molar-refractivity contribution in [2.24, 2.45) is 0 Å². The third-order valence-corrected chi connectivity index (χ3v) is 3.72. The van der Waals surface area contributed by atoms with E-state index in [2.05, 4.69) is 5.32 Å². The van der Waals surface area contributed by atoms with Gasteiger partial charge in [-0.3, -0.25) is 9.59 Å². The molecule has 0 unspecified atom stereocenters. The summed E-state index contributed by atoms with van der Waals surface area (Å²) in [5.74, 6) is 1.13. The minimum atomic E-state index is -0.167. The molecule has 1 aliphatic rings. The van der Waals surface area contributed by atoms with E-state index in [1.807, 2.05) is 12.1 Å². The monoisotopic (exact) mass is 306 g/mol. The first-order valence-electron chi connectivity index (χ1n) is 7.40. The number of ether oxygens (including phenoxy) is 2. The molecule has 6 heteroatoms. The number of nitrogens with one attached hydrogen (secondary N) is 1. The van der Waals surface area contributed by atoms with E-state index in [4.69, 9.17) is 9.47 Å². The number of amides is 2. The second-order valence-electron chi connectivity index (χ2n) is 5.20. The van der Waals surface area contributed by atoms with Crippen LogP contribution in [0.25, 0.3) is 0 Å². The van der Waals surface area contributed by atoms with Gasteiger partial charge in [0, 0.05) is 25.1 Å². The molecule has 0 radical (unpaired) electrons. The van der Waals surface area contributed by atoms with Crippen LogP contribution in [0, 0.1) is 0 Å². The molecule has 1 N–H and O–H groups in total. The molecule has 0 spiro atoms. The molecule has 2 amide bonds. The van der Waals surface area contributed by atoms with E-state index in [9.17, 15) is 9.59 Å². The number of hydrogen-bond donors (Lipinski definition) is 1. The van der Waals surface area contributed by atoms with E-state index in [1.165, 1.54) is 0 Å². The maximum absolute atomic E-state index is 12.0. The van der Waals surface area contributed by atoms with Gasteiger partial charge in [0.05, 0.1) is 20.8 Å². The lowest BCUT2D eigenvalue weighted by atomic mass is 10.1. The van der Waals surface area contributed by atoms with Gasteiger partial charge in [0.25, 0.3) is 0 Å². The Morgan fingerprint density at radius 2 is 2.09 bits per heavy atom. The highest BCUT2D eigenvalue weighted by Gasteiger charge is 2.20. The lowest BCUT2D eigenvalue weighted by Gasteiger charge is -2.26. The van der Waals surface area contributed by atoms with E-state index in [0.29, 0.717) is 31.0 Å². The van der Waals surface area contributed by atoms with Gasteiger partial charge in [-0.05, 0) is 18.9 Å². The summed E-state index contributed by atoms with van der Waals surface area (Å²) in [6, 6.07) is 5.52. The quantitative estimate of drug-likeness (QED) is 0.861. The van der Waals surface area contributed by atoms with Crippen molar-refractivity contribution in [3.63, 3.8) is 0 Å². The summed E-state index contributed by atoms with van der Waals surface area (Å²) < 4.78 is 10.6. The van der Waals surface area contributed by atoms with Crippen molar-refractivity contribution in [2.45, 2.75) is 25.8 Å². The number of para-hydroxylation sites is 1. The molecule has 2 rings (SSSR count). The number of carbonyl (C=O) groups excluding carboxylic acids is 2. The zero-order valence-corrected chi connectivity index (χ0v) is 13.1. The van der Waals surface area contributed by atoms with Gasteiger partial charge in [-0.2, -0.15) is 0 Å². The SMILES string of the molecule is COc1cccc(CNC(=O)CN2CCCCC2=O)c1OC. The van der Waals surface area contributed by atoms with Crippen LogP contribution in [0.3, 0.4) is 0 Å². The first-order valence-corrected chi connectivity index (χ1v) is 7.40. The zero-order valence-electron chi connectivity index (χ0n) is 13.1. The number of likely N-dealkylation sites (tertiary alicyclic amines) is 1. The Kier molecular flexibility index (Phi) is 5.63. The fourth-order valence-corrected chi connectivity index (χ4v) is 2.54. The summed E-state index contributed by atoms with van der Waals surface area (Å²) in [7, 11) is 3.14. The van der Waals surface area contributed by atoms with E-state index >= 15 is 0 Å². The number of carbonyl (C=O) groups is 2. The molecular weight excluding hydrogens is 284 g/mol. The maximum Gasteiger partial charge on any atom is 0.239 e. The molecule has 0 aromatic heterocycles. The summed E-state index contributed by atoms with van der Waals surface area (Å²) in [5.41, 5.74) is 0.833. The van der Waals surface area contributed by atoms with Crippen molar-refractivity contribution in [3.8, 4) is 11.5 Å². The molecule has 1 aromatic carbocycles. The second-order valence-corrected chi connectivity index (χ2v) is 5.20.